The SMILES string of the molecule is CC(Cl)c1nc2ccc(Br)cc2n1Cc1ccccc1Br. The van der Waals surface area contributed by atoms with Crippen LogP contribution in [0.5, 0.6) is 0 Å². The first-order chi connectivity index (χ1) is 10.1. The molecule has 0 fully saturated rings. The van der Waals surface area contributed by atoms with E-state index in [1.165, 1.54) is 5.56 Å². The van der Waals surface area contributed by atoms with Crippen LogP contribution >= 0.6 is 43.5 Å². The van der Waals surface area contributed by atoms with Gasteiger partial charge >= 0.3 is 0 Å². The van der Waals surface area contributed by atoms with E-state index in [1.807, 2.05) is 37.3 Å². The maximum Gasteiger partial charge on any atom is 0.128 e. The van der Waals surface area contributed by atoms with Crippen LogP contribution in [0.3, 0.4) is 0 Å². The molecule has 21 heavy (non-hydrogen) atoms. The lowest BCUT2D eigenvalue weighted by molar-refractivity contribution is 0.740. The number of imidazole rings is 1. The number of hydrogen-bond acceptors (Lipinski definition) is 1. The van der Waals surface area contributed by atoms with E-state index in [9.17, 15) is 0 Å². The van der Waals surface area contributed by atoms with Gasteiger partial charge in [0.2, 0.25) is 0 Å². The summed E-state index contributed by atoms with van der Waals surface area (Å²) in [4.78, 5) is 4.67. The van der Waals surface area contributed by atoms with Crippen molar-refractivity contribution < 1.29 is 0 Å². The van der Waals surface area contributed by atoms with Crippen molar-refractivity contribution in [3.63, 3.8) is 0 Å². The van der Waals surface area contributed by atoms with E-state index in [1.54, 1.807) is 0 Å². The van der Waals surface area contributed by atoms with Crippen LogP contribution < -0.4 is 0 Å². The Bertz CT molecular complexity index is 796. The van der Waals surface area contributed by atoms with Crippen molar-refractivity contribution in [3.8, 4) is 0 Å². The van der Waals surface area contributed by atoms with Gasteiger partial charge in [-0.1, -0.05) is 50.1 Å². The normalized spacial score (nSPS) is 12.8. The molecule has 1 heterocycles. The zero-order valence-electron chi connectivity index (χ0n) is 11.4. The Balaban J connectivity index is 2.17. The van der Waals surface area contributed by atoms with Crippen LogP contribution in [-0.4, -0.2) is 9.55 Å². The molecule has 0 saturated carbocycles. The quantitative estimate of drug-likeness (QED) is 0.474. The molecule has 1 unspecified atom stereocenters. The molecule has 0 aliphatic heterocycles. The molecule has 0 aliphatic rings. The lowest BCUT2D eigenvalue weighted by Gasteiger charge is -2.12. The molecule has 0 bridgehead atoms. The first kappa shape index (κ1) is 15.1. The molecule has 0 N–H and O–H groups in total. The fraction of sp³-hybridized carbons (Fsp3) is 0.188. The van der Waals surface area contributed by atoms with Gasteiger partial charge in [0.25, 0.3) is 0 Å². The van der Waals surface area contributed by atoms with Gasteiger partial charge in [-0.05, 0) is 36.8 Å². The Hall–Kier alpha value is -0.840. The van der Waals surface area contributed by atoms with E-state index in [-0.39, 0.29) is 5.38 Å². The largest absolute Gasteiger partial charge is 0.322 e. The minimum Gasteiger partial charge on any atom is -0.322 e. The number of alkyl halides is 1. The van der Waals surface area contributed by atoms with Gasteiger partial charge in [0.1, 0.15) is 5.82 Å². The van der Waals surface area contributed by atoms with Gasteiger partial charge in [-0.2, -0.15) is 0 Å². The third-order valence-corrected chi connectivity index (χ3v) is 4.84. The molecular formula is C16H13Br2ClN2. The van der Waals surface area contributed by atoms with Gasteiger partial charge in [0.05, 0.1) is 23.0 Å². The van der Waals surface area contributed by atoms with Crippen molar-refractivity contribution in [2.24, 2.45) is 0 Å². The molecule has 3 aromatic rings. The Morgan fingerprint density at radius 3 is 2.67 bits per heavy atom. The molecule has 0 radical (unpaired) electrons. The highest BCUT2D eigenvalue weighted by Crippen LogP contribution is 2.28. The molecule has 0 spiro atoms. The van der Waals surface area contributed by atoms with Crippen molar-refractivity contribution in [2.75, 3.05) is 0 Å². The molecule has 5 heteroatoms. The first-order valence-electron chi connectivity index (χ1n) is 6.59. The second kappa shape index (κ2) is 6.11. The Morgan fingerprint density at radius 2 is 1.95 bits per heavy atom. The van der Waals surface area contributed by atoms with Gasteiger partial charge in [-0.25, -0.2) is 4.98 Å². The summed E-state index contributed by atoms with van der Waals surface area (Å²) in [7, 11) is 0. The van der Waals surface area contributed by atoms with Crippen LogP contribution in [0.1, 0.15) is 23.7 Å². The van der Waals surface area contributed by atoms with E-state index in [0.29, 0.717) is 0 Å². The average molecular weight is 429 g/mol. The summed E-state index contributed by atoms with van der Waals surface area (Å²) in [6.45, 7) is 2.69. The van der Waals surface area contributed by atoms with Crippen LogP contribution in [-0.2, 0) is 6.54 Å². The average Bonchev–Trinajstić information content (AvgIpc) is 2.80. The van der Waals surface area contributed by atoms with Crippen molar-refractivity contribution in [1.82, 2.24) is 9.55 Å². The summed E-state index contributed by atoms with van der Waals surface area (Å²) in [6.07, 6.45) is 0. The number of rotatable bonds is 3. The Kier molecular flexibility index (Phi) is 4.38. The molecular weight excluding hydrogens is 415 g/mol. The van der Waals surface area contributed by atoms with Crippen molar-refractivity contribution in [1.29, 1.82) is 0 Å². The maximum absolute atomic E-state index is 6.32. The zero-order valence-corrected chi connectivity index (χ0v) is 15.3. The summed E-state index contributed by atoms with van der Waals surface area (Å²) >= 11 is 13.5. The van der Waals surface area contributed by atoms with Crippen LogP contribution in [0, 0.1) is 0 Å². The number of halogens is 3. The van der Waals surface area contributed by atoms with E-state index < -0.39 is 0 Å². The summed E-state index contributed by atoms with van der Waals surface area (Å²) < 4.78 is 4.31. The van der Waals surface area contributed by atoms with E-state index in [0.717, 1.165) is 32.3 Å². The number of hydrogen-bond donors (Lipinski definition) is 0. The molecule has 108 valence electrons. The number of nitrogens with zero attached hydrogens (tertiary/aromatic N) is 2. The smallest absolute Gasteiger partial charge is 0.128 e. The molecule has 2 nitrogen and oxygen atoms in total. The highest BCUT2D eigenvalue weighted by atomic mass is 79.9. The van der Waals surface area contributed by atoms with Crippen molar-refractivity contribution in [3.05, 3.63) is 62.8 Å². The fourth-order valence-corrected chi connectivity index (χ4v) is 3.31. The monoisotopic (exact) mass is 426 g/mol. The predicted molar refractivity (Wildman–Crippen MR) is 94.9 cm³/mol. The van der Waals surface area contributed by atoms with Crippen LogP contribution in [0.25, 0.3) is 11.0 Å². The minimum atomic E-state index is -0.140. The van der Waals surface area contributed by atoms with Gasteiger partial charge < -0.3 is 4.57 Å². The molecule has 0 aliphatic carbocycles. The Morgan fingerprint density at radius 1 is 1.19 bits per heavy atom. The lowest BCUT2D eigenvalue weighted by atomic mass is 10.2. The number of benzene rings is 2. The summed E-state index contributed by atoms with van der Waals surface area (Å²) in [5.74, 6) is 0.889. The molecule has 0 amide bonds. The lowest BCUT2D eigenvalue weighted by Crippen LogP contribution is -2.06. The highest BCUT2D eigenvalue weighted by molar-refractivity contribution is 9.10. The van der Waals surface area contributed by atoms with Crippen molar-refractivity contribution in [2.45, 2.75) is 18.8 Å². The van der Waals surface area contributed by atoms with Crippen LogP contribution in [0.2, 0.25) is 0 Å². The topological polar surface area (TPSA) is 17.8 Å². The van der Waals surface area contributed by atoms with Gasteiger partial charge in [0, 0.05) is 8.95 Å². The standard InChI is InChI=1S/C16H13Br2ClN2/c1-10(19)16-20-14-7-6-12(17)8-15(14)21(16)9-11-4-2-3-5-13(11)18/h2-8,10H,9H2,1H3. The molecule has 0 saturated heterocycles. The summed E-state index contributed by atoms with van der Waals surface area (Å²) in [5, 5.41) is -0.140. The van der Waals surface area contributed by atoms with E-state index in [4.69, 9.17) is 11.6 Å². The third kappa shape index (κ3) is 3.03. The second-order valence-corrected chi connectivity index (χ2v) is 7.32. The zero-order chi connectivity index (χ0) is 15.0. The summed E-state index contributed by atoms with van der Waals surface area (Å²) in [5.41, 5.74) is 3.26. The predicted octanol–water partition coefficient (Wildman–Crippen LogP) is 5.91. The van der Waals surface area contributed by atoms with Gasteiger partial charge in [-0.3, -0.25) is 0 Å². The third-order valence-electron chi connectivity index (χ3n) is 3.38. The highest BCUT2D eigenvalue weighted by Gasteiger charge is 2.16. The number of fused-ring (bicyclic) bond motifs is 1. The maximum atomic E-state index is 6.32. The van der Waals surface area contributed by atoms with Crippen LogP contribution in [0.4, 0.5) is 0 Å². The molecule has 1 atom stereocenters. The summed E-state index contributed by atoms with van der Waals surface area (Å²) in [6, 6.07) is 14.3. The fourth-order valence-electron chi connectivity index (χ4n) is 2.38. The van der Waals surface area contributed by atoms with E-state index >= 15 is 0 Å². The minimum absolute atomic E-state index is 0.140. The second-order valence-electron chi connectivity index (χ2n) is 4.90. The molecule has 2 aromatic carbocycles. The molecule has 3 rings (SSSR count). The van der Waals surface area contributed by atoms with Gasteiger partial charge in [-0.15, -0.1) is 11.6 Å². The van der Waals surface area contributed by atoms with Gasteiger partial charge in [0.15, 0.2) is 0 Å². The van der Waals surface area contributed by atoms with Crippen LogP contribution in [0.15, 0.2) is 51.4 Å². The Labute approximate surface area is 145 Å². The van der Waals surface area contributed by atoms with E-state index in [2.05, 4.69) is 53.5 Å². The first-order valence-corrected chi connectivity index (χ1v) is 8.61. The van der Waals surface area contributed by atoms with Crippen molar-refractivity contribution >= 4 is 54.5 Å². The number of aromatic nitrogens is 2. The molecule has 1 aromatic heterocycles.